The van der Waals surface area contributed by atoms with Gasteiger partial charge in [-0.2, -0.15) is 13.2 Å². The monoisotopic (exact) mass is 344 g/mol. The summed E-state index contributed by atoms with van der Waals surface area (Å²) < 4.78 is 49.6. The molecule has 3 rings (SSSR count). The largest absolute Gasteiger partial charge is 0.461 e. The summed E-state index contributed by atoms with van der Waals surface area (Å²) in [5.41, 5.74) is 0. The van der Waals surface area contributed by atoms with Gasteiger partial charge in [0.05, 0.1) is 19.5 Å². The third-order valence-corrected chi connectivity index (χ3v) is 3.80. The molecule has 0 unspecified atom stereocenters. The Morgan fingerprint density at radius 2 is 2.00 bits per heavy atom. The number of aromatic nitrogens is 3. The van der Waals surface area contributed by atoms with Gasteiger partial charge in [-0.25, -0.2) is 9.67 Å². The molecular weight excluding hydrogens is 325 g/mol. The molecule has 0 atom stereocenters. The lowest BCUT2D eigenvalue weighted by Gasteiger charge is -2.26. The molecule has 132 valence electrons. The number of furan rings is 1. The Hall–Kier alpha value is -1.87. The molecule has 1 aliphatic heterocycles. The summed E-state index contributed by atoms with van der Waals surface area (Å²) >= 11 is 0. The Balaban J connectivity index is 1.67. The molecule has 0 N–H and O–H groups in total. The molecule has 0 aromatic carbocycles. The number of hydrogen-bond donors (Lipinski definition) is 0. The van der Waals surface area contributed by atoms with Gasteiger partial charge >= 0.3 is 6.18 Å². The van der Waals surface area contributed by atoms with Gasteiger partial charge in [0.1, 0.15) is 12.4 Å². The van der Waals surface area contributed by atoms with Crippen molar-refractivity contribution in [3.05, 3.63) is 24.2 Å². The van der Waals surface area contributed by atoms with Gasteiger partial charge in [-0.15, -0.1) is 5.10 Å². The van der Waals surface area contributed by atoms with Crippen molar-refractivity contribution in [2.45, 2.75) is 25.6 Å². The van der Waals surface area contributed by atoms with Crippen LogP contribution < -0.4 is 0 Å². The van der Waals surface area contributed by atoms with Crippen LogP contribution in [0.15, 0.2) is 22.8 Å². The van der Waals surface area contributed by atoms with Gasteiger partial charge in [-0.3, -0.25) is 4.90 Å². The first kappa shape index (κ1) is 17.0. The fraction of sp³-hybridized carbons (Fsp3) is 0.600. The second kappa shape index (κ2) is 7.35. The Labute approximate surface area is 137 Å². The summed E-state index contributed by atoms with van der Waals surface area (Å²) in [6, 6.07) is 3.28. The van der Waals surface area contributed by atoms with E-state index in [0.717, 1.165) is 24.3 Å². The SMILES string of the molecule is FC(F)(F)Cn1nc(-c2ccco2)nc1CCCN1CCOCC1. The van der Waals surface area contributed by atoms with Gasteiger partial charge in [-0.05, 0) is 25.1 Å². The van der Waals surface area contributed by atoms with E-state index in [1.165, 1.54) is 6.26 Å². The van der Waals surface area contributed by atoms with E-state index in [9.17, 15) is 13.2 Å². The smallest absolute Gasteiger partial charge is 0.408 e. The third kappa shape index (κ3) is 4.57. The van der Waals surface area contributed by atoms with E-state index in [1.54, 1.807) is 12.1 Å². The van der Waals surface area contributed by atoms with E-state index in [1.807, 2.05) is 0 Å². The van der Waals surface area contributed by atoms with Crippen LogP contribution in [-0.4, -0.2) is 58.7 Å². The summed E-state index contributed by atoms with van der Waals surface area (Å²) in [7, 11) is 0. The van der Waals surface area contributed by atoms with Crippen LogP contribution in [0.2, 0.25) is 0 Å². The zero-order valence-corrected chi connectivity index (χ0v) is 13.1. The molecule has 0 spiro atoms. The minimum Gasteiger partial charge on any atom is -0.461 e. The van der Waals surface area contributed by atoms with Gasteiger partial charge in [0.15, 0.2) is 5.76 Å². The predicted octanol–water partition coefficient (Wildman–Crippen LogP) is 2.37. The highest BCUT2D eigenvalue weighted by molar-refractivity contribution is 5.45. The standard InChI is InChI=1S/C15H19F3N4O2/c16-15(17,18)11-22-13(4-1-5-21-6-9-23-10-7-21)19-14(20-22)12-3-2-8-24-12/h2-3,8H,1,4-7,9-11H2. The highest BCUT2D eigenvalue weighted by atomic mass is 19.4. The van der Waals surface area contributed by atoms with Crippen molar-refractivity contribution in [2.75, 3.05) is 32.8 Å². The van der Waals surface area contributed by atoms with E-state index >= 15 is 0 Å². The van der Waals surface area contributed by atoms with Gasteiger partial charge < -0.3 is 9.15 Å². The molecule has 0 radical (unpaired) electrons. The second-order valence-corrected chi connectivity index (χ2v) is 5.66. The Kier molecular flexibility index (Phi) is 5.20. The maximum atomic E-state index is 12.8. The highest BCUT2D eigenvalue weighted by Gasteiger charge is 2.30. The quantitative estimate of drug-likeness (QED) is 0.805. The van der Waals surface area contributed by atoms with E-state index in [-0.39, 0.29) is 5.82 Å². The van der Waals surface area contributed by atoms with E-state index < -0.39 is 12.7 Å². The Morgan fingerprint density at radius 1 is 1.21 bits per heavy atom. The number of aryl methyl sites for hydroxylation is 1. The first-order valence-corrected chi connectivity index (χ1v) is 7.86. The van der Waals surface area contributed by atoms with Crippen molar-refractivity contribution in [2.24, 2.45) is 0 Å². The lowest BCUT2D eigenvalue weighted by atomic mass is 10.2. The Morgan fingerprint density at radius 3 is 2.67 bits per heavy atom. The zero-order valence-electron chi connectivity index (χ0n) is 13.1. The normalized spacial score (nSPS) is 16.6. The molecule has 0 aliphatic carbocycles. The zero-order chi connectivity index (χ0) is 17.0. The van der Waals surface area contributed by atoms with Crippen molar-refractivity contribution < 1.29 is 22.3 Å². The van der Waals surface area contributed by atoms with Gasteiger partial charge in [-0.1, -0.05) is 0 Å². The molecule has 2 aromatic rings. The fourth-order valence-corrected chi connectivity index (χ4v) is 2.65. The predicted molar refractivity (Wildman–Crippen MR) is 79.4 cm³/mol. The molecule has 0 amide bonds. The van der Waals surface area contributed by atoms with Crippen LogP contribution in [0.1, 0.15) is 12.2 Å². The number of rotatable bonds is 6. The molecule has 3 heterocycles. The molecular formula is C15H19F3N4O2. The molecule has 0 bridgehead atoms. The summed E-state index contributed by atoms with van der Waals surface area (Å²) in [6.07, 6.45) is -1.75. The molecule has 1 fully saturated rings. The minimum absolute atomic E-state index is 0.186. The molecule has 0 saturated carbocycles. The average Bonchev–Trinajstić information content (AvgIpc) is 3.17. The number of ether oxygens (including phenoxy) is 1. The van der Waals surface area contributed by atoms with Crippen LogP contribution >= 0.6 is 0 Å². The second-order valence-electron chi connectivity index (χ2n) is 5.66. The average molecular weight is 344 g/mol. The summed E-state index contributed by atoms with van der Waals surface area (Å²) in [5, 5.41) is 3.96. The highest BCUT2D eigenvalue weighted by Crippen LogP contribution is 2.21. The molecule has 9 heteroatoms. The maximum absolute atomic E-state index is 12.8. The van der Waals surface area contributed by atoms with E-state index in [4.69, 9.17) is 9.15 Å². The molecule has 24 heavy (non-hydrogen) atoms. The van der Waals surface area contributed by atoms with Gasteiger partial charge in [0.2, 0.25) is 5.82 Å². The van der Waals surface area contributed by atoms with Gasteiger partial charge in [0, 0.05) is 19.5 Å². The maximum Gasteiger partial charge on any atom is 0.408 e. The summed E-state index contributed by atoms with van der Waals surface area (Å²) in [6.45, 7) is 2.77. The number of nitrogens with zero attached hydrogens (tertiary/aromatic N) is 4. The van der Waals surface area contributed by atoms with Gasteiger partial charge in [0.25, 0.3) is 0 Å². The minimum atomic E-state index is -4.34. The molecule has 1 saturated heterocycles. The third-order valence-electron chi connectivity index (χ3n) is 3.80. The summed E-state index contributed by atoms with van der Waals surface area (Å²) in [5.74, 6) is 0.878. The number of hydrogen-bond acceptors (Lipinski definition) is 5. The van der Waals surface area contributed by atoms with Crippen LogP contribution in [-0.2, 0) is 17.7 Å². The van der Waals surface area contributed by atoms with Crippen molar-refractivity contribution in [1.29, 1.82) is 0 Å². The van der Waals surface area contributed by atoms with Crippen LogP contribution in [0.3, 0.4) is 0 Å². The summed E-state index contributed by atoms with van der Waals surface area (Å²) in [4.78, 5) is 6.47. The van der Waals surface area contributed by atoms with Crippen molar-refractivity contribution in [1.82, 2.24) is 19.7 Å². The Bertz CT molecular complexity index is 634. The lowest BCUT2D eigenvalue weighted by Crippen LogP contribution is -2.37. The van der Waals surface area contributed by atoms with Crippen molar-refractivity contribution in [3.8, 4) is 11.6 Å². The van der Waals surface area contributed by atoms with Crippen LogP contribution in [0.25, 0.3) is 11.6 Å². The van der Waals surface area contributed by atoms with Crippen LogP contribution in [0.5, 0.6) is 0 Å². The van der Waals surface area contributed by atoms with Crippen molar-refractivity contribution >= 4 is 0 Å². The molecule has 1 aliphatic rings. The van der Waals surface area contributed by atoms with Crippen LogP contribution in [0.4, 0.5) is 13.2 Å². The van der Waals surface area contributed by atoms with Crippen LogP contribution in [0, 0.1) is 0 Å². The number of alkyl halides is 3. The van der Waals surface area contributed by atoms with Crippen molar-refractivity contribution in [3.63, 3.8) is 0 Å². The first-order valence-electron chi connectivity index (χ1n) is 7.86. The van der Waals surface area contributed by atoms with E-state index in [0.29, 0.717) is 37.6 Å². The molecule has 2 aromatic heterocycles. The lowest BCUT2D eigenvalue weighted by molar-refractivity contribution is -0.143. The topological polar surface area (TPSA) is 56.3 Å². The fourth-order valence-electron chi connectivity index (χ4n) is 2.65. The number of halogens is 3. The van der Waals surface area contributed by atoms with E-state index in [2.05, 4.69) is 15.0 Å². The molecule has 6 nitrogen and oxygen atoms in total. The first-order chi connectivity index (χ1) is 11.5. The number of morpholine rings is 1.